The number of hydrogen-bond donors (Lipinski definition) is 1. The number of methoxy groups -OCH3 is 1. The van der Waals surface area contributed by atoms with Gasteiger partial charge in [0, 0.05) is 29.7 Å². The second-order valence-corrected chi connectivity index (χ2v) is 9.04. The number of carbonyl (C=O) groups excluding carboxylic acids is 1. The number of rotatable bonds is 2. The Morgan fingerprint density at radius 2 is 2.03 bits per heavy atom. The summed E-state index contributed by atoms with van der Waals surface area (Å²) >= 11 is 0. The van der Waals surface area contributed by atoms with Crippen molar-refractivity contribution in [1.82, 2.24) is 9.55 Å². The number of pyridine rings is 2. The minimum Gasteiger partial charge on any atom is -0.458 e. The van der Waals surface area contributed by atoms with E-state index >= 15 is 0 Å². The first-order valence-electron chi connectivity index (χ1n) is 11.2. The molecule has 0 bridgehead atoms. The number of fused-ring (bicyclic) bond motifs is 5. The third-order valence-electron chi connectivity index (χ3n) is 7.53. The summed E-state index contributed by atoms with van der Waals surface area (Å²) in [6, 6.07) is 3.10. The summed E-state index contributed by atoms with van der Waals surface area (Å²) in [4.78, 5) is 30.8. The molecular formula is C25H23FN2O5. The van der Waals surface area contributed by atoms with Crippen molar-refractivity contribution in [3.63, 3.8) is 0 Å². The van der Waals surface area contributed by atoms with Gasteiger partial charge in [0.2, 0.25) is 0 Å². The number of aliphatic hydroxyl groups is 1. The molecule has 1 aromatic carbocycles. The first-order valence-corrected chi connectivity index (χ1v) is 11.2. The van der Waals surface area contributed by atoms with Crippen molar-refractivity contribution in [3.8, 4) is 11.4 Å². The fourth-order valence-electron chi connectivity index (χ4n) is 5.79. The van der Waals surface area contributed by atoms with Gasteiger partial charge in [-0.15, -0.1) is 0 Å². The number of esters is 1. The van der Waals surface area contributed by atoms with Crippen LogP contribution in [0.1, 0.15) is 59.4 Å². The number of carbonyl (C=O) groups is 1. The molecule has 0 amide bonds. The van der Waals surface area contributed by atoms with Gasteiger partial charge in [0.25, 0.3) is 5.56 Å². The normalized spacial score (nSPS) is 22.7. The van der Waals surface area contributed by atoms with E-state index in [2.05, 4.69) is 0 Å². The Morgan fingerprint density at radius 1 is 1.27 bits per heavy atom. The molecule has 8 heteroatoms. The molecule has 2 aromatic heterocycles. The van der Waals surface area contributed by atoms with Crippen LogP contribution in [0.25, 0.3) is 22.3 Å². The zero-order valence-corrected chi connectivity index (χ0v) is 18.6. The highest BCUT2D eigenvalue weighted by Crippen LogP contribution is 2.47. The summed E-state index contributed by atoms with van der Waals surface area (Å²) in [5, 5.41) is 12.0. The van der Waals surface area contributed by atoms with Gasteiger partial charge in [-0.3, -0.25) is 9.36 Å². The number of aryl methyl sites for hydroxylation is 2. The SMILES string of the molecule is CCC1(O)C(=O)OCc2c1cc1n(c2=O)C(OC)c2c-1nc1cc(F)c(C)c3c1c2CCC3. The second kappa shape index (κ2) is 6.71. The average Bonchev–Trinajstić information content (AvgIpc) is 3.14. The number of cyclic esters (lactones) is 1. The van der Waals surface area contributed by atoms with E-state index in [9.17, 15) is 19.1 Å². The maximum absolute atomic E-state index is 14.7. The second-order valence-electron chi connectivity index (χ2n) is 9.04. The van der Waals surface area contributed by atoms with Crippen LogP contribution in [0.2, 0.25) is 0 Å². The van der Waals surface area contributed by atoms with Crippen molar-refractivity contribution in [3.05, 3.63) is 61.7 Å². The lowest BCUT2D eigenvalue weighted by Gasteiger charge is -2.32. The van der Waals surface area contributed by atoms with E-state index in [1.165, 1.54) is 17.7 Å². The molecule has 1 aliphatic carbocycles. The van der Waals surface area contributed by atoms with Crippen LogP contribution >= 0.6 is 0 Å². The maximum atomic E-state index is 14.7. The predicted molar refractivity (Wildman–Crippen MR) is 117 cm³/mol. The largest absolute Gasteiger partial charge is 0.458 e. The molecule has 0 fully saturated rings. The highest BCUT2D eigenvalue weighted by Gasteiger charge is 2.47. The fourth-order valence-corrected chi connectivity index (χ4v) is 5.79. The third-order valence-corrected chi connectivity index (χ3v) is 7.53. The summed E-state index contributed by atoms with van der Waals surface area (Å²) in [7, 11) is 1.54. The molecule has 3 aromatic rings. The summed E-state index contributed by atoms with van der Waals surface area (Å²) in [6.07, 6.45) is 1.76. The van der Waals surface area contributed by atoms with Gasteiger partial charge in [-0.1, -0.05) is 6.92 Å². The van der Waals surface area contributed by atoms with Crippen molar-refractivity contribution in [2.75, 3.05) is 7.11 Å². The van der Waals surface area contributed by atoms with E-state index in [0.29, 0.717) is 22.5 Å². The number of halogens is 1. The Labute approximate surface area is 188 Å². The Hall–Kier alpha value is -3.10. The van der Waals surface area contributed by atoms with E-state index < -0.39 is 17.8 Å². The molecular weight excluding hydrogens is 427 g/mol. The average molecular weight is 450 g/mol. The summed E-state index contributed by atoms with van der Waals surface area (Å²) in [5.41, 5.74) is 3.10. The zero-order valence-electron chi connectivity index (χ0n) is 18.6. The van der Waals surface area contributed by atoms with Gasteiger partial charge in [0.1, 0.15) is 12.4 Å². The molecule has 2 unspecified atom stereocenters. The quantitative estimate of drug-likeness (QED) is 0.604. The smallest absolute Gasteiger partial charge is 0.343 e. The molecule has 0 saturated carbocycles. The van der Waals surface area contributed by atoms with Crippen LogP contribution in [0.15, 0.2) is 16.9 Å². The molecule has 3 aliphatic rings. The number of hydrogen-bond acceptors (Lipinski definition) is 6. The van der Waals surface area contributed by atoms with Crippen molar-refractivity contribution in [2.45, 2.75) is 58.0 Å². The molecule has 0 radical (unpaired) electrons. The Bertz CT molecular complexity index is 1460. The summed E-state index contributed by atoms with van der Waals surface area (Å²) in [6.45, 7) is 3.24. The molecule has 0 spiro atoms. The number of benzene rings is 1. The first kappa shape index (κ1) is 20.5. The van der Waals surface area contributed by atoms with E-state index in [-0.39, 0.29) is 35.5 Å². The lowest BCUT2D eigenvalue weighted by atomic mass is 9.84. The molecule has 1 N–H and O–H groups in total. The molecule has 2 atom stereocenters. The minimum atomic E-state index is -1.91. The van der Waals surface area contributed by atoms with Crippen LogP contribution < -0.4 is 5.56 Å². The van der Waals surface area contributed by atoms with Gasteiger partial charge in [-0.25, -0.2) is 14.2 Å². The van der Waals surface area contributed by atoms with E-state index in [1.807, 2.05) is 0 Å². The van der Waals surface area contributed by atoms with E-state index in [1.54, 1.807) is 19.9 Å². The molecule has 170 valence electrons. The Morgan fingerprint density at radius 3 is 2.76 bits per heavy atom. The molecule has 4 heterocycles. The molecule has 7 nitrogen and oxygen atoms in total. The molecule has 2 aliphatic heterocycles. The van der Waals surface area contributed by atoms with Crippen LogP contribution in [0.4, 0.5) is 4.39 Å². The number of ether oxygens (including phenoxy) is 2. The van der Waals surface area contributed by atoms with Crippen molar-refractivity contribution in [2.24, 2.45) is 0 Å². The number of nitrogens with zero attached hydrogens (tertiary/aromatic N) is 2. The van der Waals surface area contributed by atoms with Crippen LogP contribution in [-0.2, 0) is 39.3 Å². The van der Waals surface area contributed by atoms with Gasteiger partial charge in [-0.2, -0.15) is 0 Å². The minimum absolute atomic E-state index is 0.0620. The lowest BCUT2D eigenvalue weighted by Crippen LogP contribution is -2.44. The lowest BCUT2D eigenvalue weighted by molar-refractivity contribution is -0.172. The maximum Gasteiger partial charge on any atom is 0.343 e. The van der Waals surface area contributed by atoms with Gasteiger partial charge in [-0.05, 0) is 55.4 Å². The third kappa shape index (κ3) is 2.42. The van der Waals surface area contributed by atoms with Gasteiger partial charge in [0.05, 0.1) is 22.5 Å². The van der Waals surface area contributed by atoms with Crippen LogP contribution in [0, 0.1) is 12.7 Å². The Kier molecular flexibility index (Phi) is 4.17. The topological polar surface area (TPSA) is 90.7 Å². The monoisotopic (exact) mass is 450 g/mol. The molecule has 0 saturated heterocycles. The first-order chi connectivity index (χ1) is 15.8. The van der Waals surface area contributed by atoms with E-state index in [4.69, 9.17) is 14.5 Å². The van der Waals surface area contributed by atoms with Crippen molar-refractivity contribution < 1.29 is 23.8 Å². The Balaban J connectivity index is 1.74. The summed E-state index contributed by atoms with van der Waals surface area (Å²) < 4.78 is 27.2. The number of aromatic nitrogens is 2. The van der Waals surface area contributed by atoms with Gasteiger partial charge >= 0.3 is 5.97 Å². The van der Waals surface area contributed by atoms with Gasteiger partial charge in [0.15, 0.2) is 11.8 Å². The van der Waals surface area contributed by atoms with Crippen LogP contribution in [0.3, 0.4) is 0 Å². The molecule has 33 heavy (non-hydrogen) atoms. The highest BCUT2D eigenvalue weighted by molar-refractivity contribution is 5.93. The van der Waals surface area contributed by atoms with Crippen molar-refractivity contribution >= 4 is 16.9 Å². The van der Waals surface area contributed by atoms with Crippen LogP contribution in [-0.4, -0.2) is 27.7 Å². The van der Waals surface area contributed by atoms with Gasteiger partial charge < -0.3 is 14.6 Å². The predicted octanol–water partition coefficient (Wildman–Crippen LogP) is 3.16. The van der Waals surface area contributed by atoms with Crippen molar-refractivity contribution in [1.29, 1.82) is 0 Å². The van der Waals surface area contributed by atoms with Crippen LogP contribution in [0.5, 0.6) is 0 Å². The molecule has 6 rings (SSSR count). The highest BCUT2D eigenvalue weighted by atomic mass is 19.1. The standard InChI is InChI=1S/C25H23FN2O5/c1-4-25(31)15-8-18-21-20(23(32-3)28(18)22(29)14(15)10-33-24(25)30)13-7-5-6-12-11(2)16(26)9-17(27-21)19(12)13/h8-9,23,31H,4-7,10H2,1-3H3. The van der Waals surface area contributed by atoms with E-state index in [0.717, 1.165) is 41.3 Å². The summed E-state index contributed by atoms with van der Waals surface area (Å²) in [5.74, 6) is -1.07. The zero-order chi connectivity index (χ0) is 23.2. The fraction of sp³-hybridized carbons (Fsp3) is 0.400.